The number of carbonyl (C=O) groups is 4. The lowest BCUT2D eigenvalue weighted by atomic mass is 9.96. The quantitative estimate of drug-likeness (QED) is 0.205. The minimum Gasteiger partial charge on any atom is -0.481 e. The lowest BCUT2D eigenvalue weighted by Crippen LogP contribution is -2.27. The predicted molar refractivity (Wildman–Crippen MR) is 151 cm³/mol. The van der Waals surface area contributed by atoms with E-state index < -0.39 is 29.4 Å². The van der Waals surface area contributed by atoms with Gasteiger partial charge in [0.25, 0.3) is 0 Å². The molecule has 0 unspecified atom stereocenters. The summed E-state index contributed by atoms with van der Waals surface area (Å²) >= 11 is 1.55. The SMILES string of the molecule is CC(C)(CO)C(=O)O.Cc1ccc(NC(=O)Nc2ccccc2C(=O)O)c(C)c1.O=C(O)C=Cc1ccsc1. The van der Waals surface area contributed by atoms with Crippen molar-refractivity contribution in [1.29, 1.82) is 0 Å². The summed E-state index contributed by atoms with van der Waals surface area (Å²) in [6, 6.07) is 13.3. The zero-order valence-corrected chi connectivity index (χ0v) is 22.8. The Morgan fingerprint density at radius 2 is 1.56 bits per heavy atom. The molecule has 0 bridgehead atoms. The number of para-hydroxylation sites is 1. The normalized spacial score (nSPS) is 10.4. The van der Waals surface area contributed by atoms with Crippen molar-refractivity contribution in [3.05, 3.63) is 87.6 Å². The number of aliphatic hydroxyl groups is 1. The Balaban J connectivity index is 0.000000350. The van der Waals surface area contributed by atoms with Gasteiger partial charge in [-0.2, -0.15) is 11.3 Å². The molecule has 3 rings (SSSR count). The number of carbonyl (C=O) groups excluding carboxylic acids is 1. The third kappa shape index (κ3) is 12.1. The summed E-state index contributed by atoms with van der Waals surface area (Å²) in [6.45, 7) is 6.49. The Morgan fingerprint density at radius 1 is 0.923 bits per heavy atom. The first-order valence-corrected chi connectivity index (χ1v) is 12.5. The Kier molecular flexibility index (Phi) is 13.1. The maximum atomic E-state index is 12.0. The van der Waals surface area contributed by atoms with Crippen LogP contribution in [-0.2, 0) is 9.59 Å². The molecule has 11 heteroatoms. The van der Waals surface area contributed by atoms with Crippen molar-refractivity contribution in [1.82, 2.24) is 0 Å². The van der Waals surface area contributed by atoms with Gasteiger partial charge in [-0.25, -0.2) is 14.4 Å². The van der Waals surface area contributed by atoms with Gasteiger partial charge >= 0.3 is 23.9 Å². The number of thiophene rings is 1. The number of hydrogen-bond donors (Lipinski definition) is 6. The highest BCUT2D eigenvalue weighted by Crippen LogP contribution is 2.18. The van der Waals surface area contributed by atoms with Crippen LogP contribution in [0, 0.1) is 19.3 Å². The van der Waals surface area contributed by atoms with E-state index in [9.17, 15) is 19.2 Å². The summed E-state index contributed by atoms with van der Waals surface area (Å²) in [5.41, 5.74) is 2.99. The van der Waals surface area contributed by atoms with Gasteiger partial charge < -0.3 is 31.1 Å². The van der Waals surface area contributed by atoms with Gasteiger partial charge in [-0.15, -0.1) is 0 Å². The van der Waals surface area contributed by atoms with Crippen molar-refractivity contribution in [3.63, 3.8) is 0 Å². The van der Waals surface area contributed by atoms with E-state index in [0.29, 0.717) is 5.69 Å². The van der Waals surface area contributed by atoms with Crippen LogP contribution >= 0.6 is 11.3 Å². The van der Waals surface area contributed by atoms with Crippen molar-refractivity contribution >= 4 is 52.7 Å². The van der Waals surface area contributed by atoms with Crippen molar-refractivity contribution in [3.8, 4) is 0 Å². The standard InChI is InChI=1S/C16H16N2O3.C7H6O2S.C5H10O3/c1-10-7-8-13(11(2)9-10)17-16(21)18-14-6-4-3-5-12(14)15(19)20;8-7(9)2-1-6-3-4-10-5-6;1-5(2,3-6)4(7)8/h3-9H,1-2H3,(H,19,20)(H2,17,18,21);1-5H,(H,8,9);6H,3H2,1-2H3,(H,7,8). The number of carboxylic acid groups (broad SMARTS) is 3. The van der Waals surface area contributed by atoms with Crippen LogP contribution < -0.4 is 10.6 Å². The third-order valence-corrected chi connectivity index (χ3v) is 5.67. The van der Waals surface area contributed by atoms with Gasteiger partial charge in [0, 0.05) is 11.8 Å². The first-order valence-electron chi connectivity index (χ1n) is 11.5. The van der Waals surface area contributed by atoms with Crippen LogP contribution in [0.15, 0.2) is 65.4 Å². The average molecular weight is 557 g/mol. The van der Waals surface area contributed by atoms with Crippen molar-refractivity contribution in [2.24, 2.45) is 5.41 Å². The first-order chi connectivity index (χ1) is 18.3. The van der Waals surface area contributed by atoms with Crippen LogP contribution in [0.1, 0.15) is 40.9 Å². The summed E-state index contributed by atoms with van der Waals surface area (Å²) in [7, 11) is 0. The minimum absolute atomic E-state index is 0.0493. The molecule has 0 spiro atoms. The number of benzene rings is 2. The highest BCUT2D eigenvalue weighted by molar-refractivity contribution is 7.08. The molecule has 0 atom stereocenters. The molecule has 0 saturated heterocycles. The van der Waals surface area contributed by atoms with E-state index in [-0.39, 0.29) is 17.9 Å². The van der Waals surface area contributed by atoms with E-state index in [4.69, 9.17) is 20.4 Å². The molecule has 39 heavy (non-hydrogen) atoms. The zero-order valence-electron chi connectivity index (χ0n) is 22.0. The second-order valence-corrected chi connectivity index (χ2v) is 9.60. The second-order valence-electron chi connectivity index (χ2n) is 8.82. The van der Waals surface area contributed by atoms with E-state index in [1.807, 2.05) is 48.9 Å². The fraction of sp³-hybridized carbons (Fsp3) is 0.214. The molecule has 0 aliphatic rings. The predicted octanol–water partition coefficient (Wildman–Crippen LogP) is 5.58. The molecular weight excluding hydrogens is 524 g/mol. The lowest BCUT2D eigenvalue weighted by Gasteiger charge is -2.13. The van der Waals surface area contributed by atoms with Crippen LogP contribution in [0.4, 0.5) is 16.2 Å². The highest BCUT2D eigenvalue weighted by Gasteiger charge is 2.25. The van der Waals surface area contributed by atoms with Crippen molar-refractivity contribution < 1.29 is 39.6 Å². The fourth-order valence-corrected chi connectivity index (χ4v) is 3.24. The number of urea groups is 1. The molecule has 2 aromatic carbocycles. The van der Waals surface area contributed by atoms with Crippen LogP contribution in [0.25, 0.3) is 6.08 Å². The molecule has 1 heterocycles. The number of carboxylic acids is 3. The third-order valence-electron chi connectivity index (χ3n) is 4.97. The molecule has 3 aromatic rings. The maximum Gasteiger partial charge on any atom is 0.337 e. The molecular formula is C28H32N2O8S. The van der Waals surface area contributed by atoms with E-state index in [1.54, 1.807) is 35.6 Å². The Morgan fingerprint density at radius 3 is 2.05 bits per heavy atom. The minimum atomic E-state index is -1.09. The number of anilines is 2. The molecule has 0 radical (unpaired) electrons. The molecule has 0 fully saturated rings. The van der Waals surface area contributed by atoms with Crippen LogP contribution in [-0.4, -0.2) is 51.0 Å². The number of aromatic carboxylic acids is 1. The summed E-state index contributed by atoms with van der Waals surface area (Å²) in [4.78, 5) is 43.2. The largest absolute Gasteiger partial charge is 0.481 e. The molecule has 0 saturated carbocycles. The van der Waals surface area contributed by atoms with Gasteiger partial charge in [-0.05, 0) is 79.9 Å². The molecule has 2 amide bonds. The first kappa shape index (κ1) is 32.5. The van der Waals surface area contributed by atoms with E-state index in [1.165, 1.54) is 19.9 Å². The van der Waals surface area contributed by atoms with Crippen molar-refractivity contribution in [2.75, 3.05) is 17.2 Å². The number of aliphatic hydroxyl groups excluding tert-OH is 1. The summed E-state index contributed by atoms with van der Waals surface area (Å²) < 4.78 is 0. The molecule has 6 N–H and O–H groups in total. The topological polar surface area (TPSA) is 173 Å². The molecule has 10 nitrogen and oxygen atoms in total. The van der Waals surface area contributed by atoms with E-state index in [2.05, 4.69) is 10.6 Å². The monoisotopic (exact) mass is 556 g/mol. The van der Waals surface area contributed by atoms with Crippen molar-refractivity contribution in [2.45, 2.75) is 27.7 Å². The second kappa shape index (κ2) is 15.7. The van der Waals surface area contributed by atoms with Gasteiger partial charge in [-0.1, -0.05) is 29.8 Å². The van der Waals surface area contributed by atoms with Crippen LogP contribution in [0.5, 0.6) is 0 Å². The molecule has 1 aromatic heterocycles. The number of aliphatic carboxylic acids is 2. The van der Waals surface area contributed by atoms with Gasteiger partial charge in [0.15, 0.2) is 0 Å². The zero-order chi connectivity index (χ0) is 29.6. The smallest absolute Gasteiger partial charge is 0.337 e. The van der Waals surface area contributed by atoms with Gasteiger partial charge in [-0.3, -0.25) is 4.79 Å². The number of rotatable bonds is 7. The van der Waals surface area contributed by atoms with Gasteiger partial charge in [0.1, 0.15) is 0 Å². The molecule has 0 aliphatic carbocycles. The number of aryl methyl sites for hydroxylation is 2. The summed E-state index contributed by atoms with van der Waals surface area (Å²) in [5, 5.41) is 43.0. The van der Waals surface area contributed by atoms with Crippen LogP contribution in [0.2, 0.25) is 0 Å². The molecule has 0 aliphatic heterocycles. The van der Waals surface area contributed by atoms with Gasteiger partial charge in [0.2, 0.25) is 0 Å². The Labute approximate surface area is 230 Å². The molecule has 208 valence electrons. The highest BCUT2D eigenvalue weighted by atomic mass is 32.1. The number of amides is 2. The van der Waals surface area contributed by atoms with E-state index >= 15 is 0 Å². The Bertz CT molecular complexity index is 1300. The van der Waals surface area contributed by atoms with E-state index in [0.717, 1.165) is 22.8 Å². The Hall–Kier alpha value is -4.48. The number of nitrogens with one attached hydrogen (secondary N) is 2. The average Bonchev–Trinajstić information content (AvgIpc) is 3.39. The summed E-state index contributed by atoms with van der Waals surface area (Å²) in [6.07, 6.45) is 2.70. The lowest BCUT2D eigenvalue weighted by molar-refractivity contribution is -0.149. The fourth-order valence-electron chi connectivity index (χ4n) is 2.61. The number of hydrogen-bond acceptors (Lipinski definition) is 6. The van der Waals surface area contributed by atoms with Gasteiger partial charge in [0.05, 0.1) is 23.3 Å². The maximum absolute atomic E-state index is 12.0. The summed E-state index contributed by atoms with van der Waals surface area (Å²) in [5.74, 6) is -2.97. The van der Waals surface area contributed by atoms with Crippen LogP contribution in [0.3, 0.4) is 0 Å².